The van der Waals surface area contributed by atoms with Crippen LogP contribution in [0.2, 0.25) is 0 Å². The van der Waals surface area contributed by atoms with E-state index in [-0.39, 0.29) is 5.60 Å². The molecule has 0 bridgehead atoms. The molecule has 2 aliphatic heterocycles. The number of rotatable bonds is 3. The van der Waals surface area contributed by atoms with Gasteiger partial charge in [-0.2, -0.15) is 11.3 Å². The summed E-state index contributed by atoms with van der Waals surface area (Å²) in [6.45, 7) is 6.76. The molecule has 0 radical (unpaired) electrons. The van der Waals surface area contributed by atoms with E-state index in [1.54, 1.807) is 11.3 Å². The summed E-state index contributed by atoms with van der Waals surface area (Å²) in [7, 11) is 0. The van der Waals surface area contributed by atoms with Gasteiger partial charge in [0.05, 0.1) is 18.4 Å². The van der Waals surface area contributed by atoms with Crippen molar-refractivity contribution in [2.24, 2.45) is 0 Å². The number of imidazole rings is 1. The highest BCUT2D eigenvalue weighted by Gasteiger charge is 2.43. The zero-order valence-corrected chi connectivity index (χ0v) is 15.8. The Morgan fingerprint density at radius 2 is 2.23 bits per heavy atom. The molecule has 1 atom stereocenters. The van der Waals surface area contributed by atoms with Crippen molar-refractivity contribution in [3.63, 3.8) is 0 Å². The van der Waals surface area contributed by atoms with Crippen molar-refractivity contribution >= 4 is 11.3 Å². The van der Waals surface area contributed by atoms with Crippen LogP contribution in [0.15, 0.2) is 47.3 Å². The van der Waals surface area contributed by atoms with Crippen LogP contribution in [0.5, 0.6) is 0 Å². The lowest BCUT2D eigenvalue weighted by Crippen LogP contribution is -2.44. The van der Waals surface area contributed by atoms with Gasteiger partial charge in [-0.15, -0.1) is 0 Å². The number of nitrogens with zero attached hydrogens (tertiary/aromatic N) is 3. The van der Waals surface area contributed by atoms with Gasteiger partial charge in [0.15, 0.2) is 0 Å². The fourth-order valence-corrected chi connectivity index (χ4v) is 4.90. The lowest BCUT2D eigenvalue weighted by atomic mass is 10.0. The van der Waals surface area contributed by atoms with E-state index < -0.39 is 0 Å². The molecule has 0 aliphatic carbocycles. The molecule has 5 heteroatoms. The fourth-order valence-electron chi connectivity index (χ4n) is 4.24. The van der Waals surface area contributed by atoms with E-state index in [4.69, 9.17) is 4.74 Å². The first-order chi connectivity index (χ1) is 12.7. The zero-order valence-electron chi connectivity index (χ0n) is 15.0. The lowest BCUT2D eigenvalue weighted by molar-refractivity contribution is -0.0821. The van der Waals surface area contributed by atoms with Gasteiger partial charge in [-0.25, -0.2) is 4.98 Å². The number of aromatic nitrogens is 2. The Morgan fingerprint density at radius 3 is 3.08 bits per heavy atom. The summed E-state index contributed by atoms with van der Waals surface area (Å²) >= 11 is 1.77. The van der Waals surface area contributed by atoms with Gasteiger partial charge in [0, 0.05) is 25.2 Å². The molecule has 4 nitrogen and oxygen atoms in total. The maximum atomic E-state index is 6.35. The summed E-state index contributed by atoms with van der Waals surface area (Å²) in [6.07, 6.45) is 3.09. The fraction of sp³-hybridized carbons (Fsp3) is 0.381. The molecule has 0 saturated carbocycles. The van der Waals surface area contributed by atoms with E-state index >= 15 is 0 Å². The third-order valence-electron chi connectivity index (χ3n) is 5.59. The van der Waals surface area contributed by atoms with Crippen molar-refractivity contribution in [3.8, 4) is 11.3 Å². The lowest BCUT2D eigenvalue weighted by Gasteiger charge is -2.35. The molecular formula is C21H23N3OS. The van der Waals surface area contributed by atoms with Crippen molar-refractivity contribution in [1.29, 1.82) is 0 Å². The number of hydrogen-bond donors (Lipinski definition) is 0. The Labute approximate surface area is 158 Å². The molecule has 26 heavy (non-hydrogen) atoms. The minimum Gasteiger partial charge on any atom is -0.364 e. The second-order valence-electron chi connectivity index (χ2n) is 7.58. The number of thiophene rings is 1. The molecule has 1 unspecified atom stereocenters. The maximum absolute atomic E-state index is 6.35. The number of ether oxygens (including phenoxy) is 1. The second kappa shape index (κ2) is 6.34. The van der Waals surface area contributed by atoms with E-state index in [2.05, 4.69) is 62.5 Å². The number of fused-ring (bicyclic) bond motifs is 1. The molecule has 1 fully saturated rings. The summed E-state index contributed by atoms with van der Waals surface area (Å²) < 4.78 is 8.73. The smallest absolute Gasteiger partial charge is 0.135 e. The minimum absolute atomic E-state index is 0.0811. The first kappa shape index (κ1) is 16.2. The summed E-state index contributed by atoms with van der Waals surface area (Å²) in [5.74, 6) is 1.04. The molecule has 0 N–H and O–H groups in total. The summed E-state index contributed by atoms with van der Waals surface area (Å²) in [4.78, 5) is 7.15. The van der Waals surface area contributed by atoms with Crippen LogP contribution in [-0.2, 0) is 24.4 Å². The van der Waals surface area contributed by atoms with Gasteiger partial charge < -0.3 is 9.30 Å². The van der Waals surface area contributed by atoms with Gasteiger partial charge in [-0.05, 0) is 41.8 Å². The van der Waals surface area contributed by atoms with Crippen molar-refractivity contribution in [3.05, 3.63) is 64.2 Å². The van der Waals surface area contributed by atoms with Crippen molar-refractivity contribution < 1.29 is 4.74 Å². The van der Waals surface area contributed by atoms with Crippen LogP contribution in [-0.4, -0.2) is 33.1 Å². The maximum Gasteiger partial charge on any atom is 0.135 e. The topological polar surface area (TPSA) is 30.3 Å². The largest absolute Gasteiger partial charge is 0.364 e. The Hall–Kier alpha value is -1.95. The highest BCUT2D eigenvalue weighted by atomic mass is 32.1. The van der Waals surface area contributed by atoms with Gasteiger partial charge in [0.2, 0.25) is 0 Å². The van der Waals surface area contributed by atoms with Gasteiger partial charge in [0.1, 0.15) is 18.0 Å². The van der Waals surface area contributed by atoms with Crippen molar-refractivity contribution in [2.75, 3.05) is 13.1 Å². The van der Waals surface area contributed by atoms with E-state index in [9.17, 15) is 0 Å². The van der Waals surface area contributed by atoms with E-state index in [0.29, 0.717) is 6.61 Å². The molecule has 1 spiro atoms. The van der Waals surface area contributed by atoms with Crippen LogP contribution >= 0.6 is 11.3 Å². The second-order valence-corrected chi connectivity index (χ2v) is 8.36. The predicted molar refractivity (Wildman–Crippen MR) is 104 cm³/mol. The zero-order chi connectivity index (χ0) is 17.6. The van der Waals surface area contributed by atoms with Crippen LogP contribution in [0.1, 0.15) is 23.4 Å². The van der Waals surface area contributed by atoms with Crippen LogP contribution in [0.25, 0.3) is 11.3 Å². The predicted octanol–water partition coefficient (Wildman–Crippen LogP) is 4.09. The third-order valence-corrected chi connectivity index (χ3v) is 6.32. The van der Waals surface area contributed by atoms with E-state index in [1.807, 2.05) is 6.20 Å². The number of benzene rings is 1. The van der Waals surface area contributed by atoms with Gasteiger partial charge in [0.25, 0.3) is 0 Å². The third kappa shape index (κ3) is 2.90. The Balaban J connectivity index is 1.39. The van der Waals surface area contributed by atoms with Gasteiger partial charge in [-0.3, -0.25) is 4.90 Å². The first-order valence-electron chi connectivity index (χ1n) is 9.20. The molecule has 1 aromatic carbocycles. The molecular weight excluding hydrogens is 342 g/mol. The number of hydrogen-bond acceptors (Lipinski definition) is 4. The van der Waals surface area contributed by atoms with Crippen LogP contribution < -0.4 is 0 Å². The normalized spacial score (nSPS) is 22.8. The van der Waals surface area contributed by atoms with Crippen LogP contribution in [0.3, 0.4) is 0 Å². The Bertz CT molecular complexity index is 917. The first-order valence-corrected chi connectivity index (χ1v) is 10.1. The van der Waals surface area contributed by atoms with E-state index in [1.165, 1.54) is 22.4 Å². The standard InChI is InChI=1S/C21H23N3OS/c1-16-3-2-4-18(9-16)19-10-22-20-12-25-21(15-24(19)20)6-7-23(14-21)11-17-5-8-26-13-17/h2-5,8-10,13H,6-7,11-12,14-15H2,1H3. The van der Waals surface area contributed by atoms with Crippen molar-refractivity contribution in [2.45, 2.75) is 38.6 Å². The van der Waals surface area contributed by atoms with Gasteiger partial charge >= 0.3 is 0 Å². The Kier molecular flexibility index (Phi) is 3.96. The van der Waals surface area contributed by atoms with Crippen molar-refractivity contribution in [1.82, 2.24) is 14.5 Å². The molecule has 4 heterocycles. The molecule has 2 aliphatic rings. The minimum atomic E-state index is -0.0811. The highest BCUT2D eigenvalue weighted by Crippen LogP contribution is 2.35. The van der Waals surface area contributed by atoms with Crippen LogP contribution in [0, 0.1) is 6.92 Å². The molecule has 0 amide bonds. The summed E-state index contributed by atoms with van der Waals surface area (Å²) in [5, 5.41) is 4.40. The highest BCUT2D eigenvalue weighted by molar-refractivity contribution is 7.07. The summed E-state index contributed by atoms with van der Waals surface area (Å²) in [6, 6.07) is 10.9. The Morgan fingerprint density at radius 1 is 1.27 bits per heavy atom. The monoisotopic (exact) mass is 365 g/mol. The van der Waals surface area contributed by atoms with E-state index in [0.717, 1.165) is 38.4 Å². The molecule has 5 rings (SSSR count). The molecule has 134 valence electrons. The molecule has 1 saturated heterocycles. The van der Waals surface area contributed by atoms with Crippen LogP contribution in [0.4, 0.5) is 0 Å². The molecule has 2 aromatic heterocycles. The average molecular weight is 366 g/mol. The summed E-state index contributed by atoms with van der Waals surface area (Å²) in [5.41, 5.74) is 5.06. The quantitative estimate of drug-likeness (QED) is 0.700. The average Bonchev–Trinajstić information content (AvgIpc) is 3.36. The number of likely N-dealkylation sites (tertiary alicyclic amines) is 1. The van der Waals surface area contributed by atoms with Gasteiger partial charge in [-0.1, -0.05) is 23.8 Å². The molecule has 3 aromatic rings. The SMILES string of the molecule is Cc1cccc(-c2cnc3n2CC2(CCN(Cc4ccsc4)C2)OC3)c1. The number of aryl methyl sites for hydroxylation is 1.